The third-order valence-corrected chi connectivity index (χ3v) is 3.64. The van der Waals surface area contributed by atoms with Crippen LogP contribution in [0.2, 0.25) is 0 Å². The van der Waals surface area contributed by atoms with Gasteiger partial charge in [0.1, 0.15) is 0 Å². The van der Waals surface area contributed by atoms with E-state index in [2.05, 4.69) is 0 Å². The average Bonchev–Trinajstić information content (AvgIpc) is 2.43. The standard InChI is InChI=1S/C7H8N2O4S/c10-5-3-4-8(5)14(13)9-6(11)1-2-7(9)12/h1-4H2. The second kappa shape index (κ2) is 3.16. The third-order valence-electron chi connectivity index (χ3n) is 2.16. The zero-order chi connectivity index (χ0) is 10.3. The fourth-order valence-corrected chi connectivity index (χ4v) is 2.53. The molecule has 3 amide bonds. The van der Waals surface area contributed by atoms with Crippen LogP contribution in [0.1, 0.15) is 19.3 Å². The summed E-state index contributed by atoms with van der Waals surface area (Å²) < 4.78 is 13.3. The van der Waals surface area contributed by atoms with Crippen LogP contribution < -0.4 is 0 Å². The summed E-state index contributed by atoms with van der Waals surface area (Å²) in [6, 6.07) is 0. The number of hydrogen-bond acceptors (Lipinski definition) is 4. The number of imide groups is 1. The van der Waals surface area contributed by atoms with Crippen molar-refractivity contribution in [1.82, 2.24) is 8.61 Å². The van der Waals surface area contributed by atoms with Gasteiger partial charge in [-0.3, -0.25) is 14.4 Å². The number of β-lactam (4-membered cyclic amide) rings is 1. The maximum absolute atomic E-state index is 11.6. The molecule has 0 spiro atoms. The largest absolute Gasteiger partial charge is 0.274 e. The Hall–Kier alpha value is -1.24. The number of amides is 3. The number of carbonyl (C=O) groups is 3. The van der Waals surface area contributed by atoms with E-state index in [1.54, 1.807) is 0 Å². The Morgan fingerprint density at radius 1 is 0.929 bits per heavy atom. The molecular weight excluding hydrogens is 208 g/mol. The van der Waals surface area contributed by atoms with Crippen molar-refractivity contribution in [3.05, 3.63) is 0 Å². The van der Waals surface area contributed by atoms with E-state index < -0.39 is 23.0 Å². The predicted octanol–water partition coefficient (Wildman–Crippen LogP) is -1.05. The van der Waals surface area contributed by atoms with Crippen LogP contribution in [0, 0.1) is 0 Å². The molecule has 0 aromatic heterocycles. The van der Waals surface area contributed by atoms with E-state index in [-0.39, 0.29) is 18.7 Å². The lowest BCUT2D eigenvalue weighted by molar-refractivity contribution is -0.134. The topological polar surface area (TPSA) is 74.8 Å². The van der Waals surface area contributed by atoms with Crippen LogP contribution in [0.4, 0.5) is 0 Å². The Labute approximate surface area is 82.6 Å². The fourth-order valence-electron chi connectivity index (χ4n) is 1.29. The first-order valence-corrected chi connectivity index (χ1v) is 5.26. The van der Waals surface area contributed by atoms with Gasteiger partial charge in [-0.05, 0) is 0 Å². The first-order valence-electron chi connectivity index (χ1n) is 4.19. The molecule has 76 valence electrons. The number of rotatable bonds is 2. The molecule has 2 fully saturated rings. The molecule has 2 rings (SSSR count). The van der Waals surface area contributed by atoms with E-state index in [0.29, 0.717) is 17.3 Å². The molecule has 7 heteroatoms. The highest BCUT2D eigenvalue weighted by Gasteiger charge is 2.40. The minimum atomic E-state index is -1.93. The highest BCUT2D eigenvalue weighted by atomic mass is 32.2. The maximum atomic E-state index is 11.6. The van der Waals surface area contributed by atoms with Crippen LogP contribution in [-0.2, 0) is 25.6 Å². The molecule has 1 unspecified atom stereocenters. The van der Waals surface area contributed by atoms with Crippen molar-refractivity contribution in [3.63, 3.8) is 0 Å². The van der Waals surface area contributed by atoms with Crippen molar-refractivity contribution in [2.24, 2.45) is 0 Å². The van der Waals surface area contributed by atoms with Crippen LogP contribution >= 0.6 is 0 Å². The van der Waals surface area contributed by atoms with Crippen molar-refractivity contribution in [2.45, 2.75) is 19.3 Å². The van der Waals surface area contributed by atoms with Gasteiger partial charge in [-0.15, -0.1) is 0 Å². The highest BCUT2D eigenvalue weighted by molar-refractivity contribution is 7.82. The van der Waals surface area contributed by atoms with E-state index in [0.717, 1.165) is 4.31 Å². The summed E-state index contributed by atoms with van der Waals surface area (Å²) in [6.07, 6.45) is 0.515. The summed E-state index contributed by atoms with van der Waals surface area (Å²) in [4.78, 5) is 33.2. The summed E-state index contributed by atoms with van der Waals surface area (Å²) in [5, 5.41) is 0. The molecule has 0 radical (unpaired) electrons. The molecule has 0 aromatic carbocycles. The zero-order valence-electron chi connectivity index (χ0n) is 7.26. The average molecular weight is 216 g/mol. The van der Waals surface area contributed by atoms with Gasteiger partial charge in [0, 0.05) is 25.8 Å². The molecule has 0 N–H and O–H groups in total. The molecule has 0 aliphatic carbocycles. The zero-order valence-corrected chi connectivity index (χ0v) is 8.08. The van der Waals surface area contributed by atoms with Crippen molar-refractivity contribution < 1.29 is 18.6 Å². The Morgan fingerprint density at radius 3 is 1.86 bits per heavy atom. The molecule has 2 aliphatic heterocycles. The molecule has 0 bridgehead atoms. The van der Waals surface area contributed by atoms with Crippen molar-refractivity contribution in [3.8, 4) is 0 Å². The van der Waals surface area contributed by atoms with Gasteiger partial charge in [0.15, 0.2) is 0 Å². The highest BCUT2D eigenvalue weighted by Crippen LogP contribution is 2.20. The van der Waals surface area contributed by atoms with Crippen LogP contribution in [0.3, 0.4) is 0 Å². The van der Waals surface area contributed by atoms with E-state index in [9.17, 15) is 18.6 Å². The third kappa shape index (κ3) is 1.24. The van der Waals surface area contributed by atoms with Gasteiger partial charge in [0.2, 0.25) is 28.9 Å². The lowest BCUT2D eigenvalue weighted by atomic mass is 10.3. The smallest absolute Gasteiger partial charge is 0.243 e. The van der Waals surface area contributed by atoms with E-state index >= 15 is 0 Å². The summed E-state index contributed by atoms with van der Waals surface area (Å²) in [5.74, 6) is -1.21. The molecular formula is C7H8N2O4S. The van der Waals surface area contributed by atoms with Crippen LogP contribution in [0.5, 0.6) is 0 Å². The number of nitrogens with zero attached hydrogens (tertiary/aromatic N) is 2. The van der Waals surface area contributed by atoms with Gasteiger partial charge in [-0.25, -0.2) is 8.51 Å². The summed E-state index contributed by atoms with van der Waals surface area (Å²) in [6.45, 7) is 0.350. The second-order valence-corrected chi connectivity index (χ2v) is 4.33. The first-order chi connectivity index (χ1) is 6.61. The molecule has 14 heavy (non-hydrogen) atoms. The van der Waals surface area contributed by atoms with Gasteiger partial charge in [-0.1, -0.05) is 0 Å². The normalized spacial score (nSPS) is 24.1. The van der Waals surface area contributed by atoms with Gasteiger partial charge >= 0.3 is 0 Å². The van der Waals surface area contributed by atoms with Gasteiger partial charge in [0.25, 0.3) is 0 Å². The molecule has 2 aliphatic rings. The van der Waals surface area contributed by atoms with Gasteiger partial charge in [-0.2, -0.15) is 4.31 Å². The van der Waals surface area contributed by atoms with Crippen molar-refractivity contribution >= 4 is 28.9 Å². The summed E-state index contributed by atoms with van der Waals surface area (Å²) in [5.41, 5.74) is 0. The second-order valence-electron chi connectivity index (χ2n) is 3.06. The van der Waals surface area contributed by atoms with Crippen molar-refractivity contribution in [1.29, 1.82) is 0 Å². The lowest BCUT2D eigenvalue weighted by Gasteiger charge is -2.30. The Kier molecular flexibility index (Phi) is 2.10. The summed E-state index contributed by atoms with van der Waals surface area (Å²) in [7, 11) is 0. The van der Waals surface area contributed by atoms with Crippen LogP contribution in [0.15, 0.2) is 0 Å². The first kappa shape index (κ1) is 9.32. The molecule has 2 saturated heterocycles. The summed E-state index contributed by atoms with van der Waals surface area (Å²) >= 11 is -1.93. The van der Waals surface area contributed by atoms with Crippen molar-refractivity contribution in [2.75, 3.05) is 6.54 Å². The minimum Gasteiger partial charge on any atom is -0.274 e. The van der Waals surface area contributed by atoms with Crippen LogP contribution in [-0.4, -0.2) is 37.1 Å². The van der Waals surface area contributed by atoms with Gasteiger partial charge in [0.05, 0.1) is 0 Å². The van der Waals surface area contributed by atoms with Crippen LogP contribution in [0.25, 0.3) is 0 Å². The predicted molar refractivity (Wildman–Crippen MR) is 45.6 cm³/mol. The fraction of sp³-hybridized carbons (Fsp3) is 0.571. The Morgan fingerprint density at radius 2 is 1.50 bits per heavy atom. The molecule has 0 aromatic rings. The maximum Gasteiger partial charge on any atom is 0.243 e. The Balaban J connectivity index is 2.14. The molecule has 6 nitrogen and oxygen atoms in total. The van der Waals surface area contributed by atoms with E-state index in [4.69, 9.17) is 0 Å². The molecule has 1 atom stereocenters. The molecule has 0 saturated carbocycles. The molecule has 2 heterocycles. The monoisotopic (exact) mass is 216 g/mol. The number of carbonyl (C=O) groups excluding carboxylic acids is 3. The lowest BCUT2D eigenvalue weighted by Crippen LogP contribution is -2.51. The van der Waals surface area contributed by atoms with E-state index in [1.165, 1.54) is 0 Å². The SMILES string of the molecule is O=C1CCN1S(=O)N1C(=O)CCC1=O. The minimum absolute atomic E-state index is 0.0899. The van der Waals surface area contributed by atoms with Gasteiger partial charge < -0.3 is 0 Å². The number of hydrogen-bond donors (Lipinski definition) is 0. The quantitative estimate of drug-likeness (QED) is 0.436. The van der Waals surface area contributed by atoms with E-state index in [1.807, 2.05) is 0 Å². The Bertz CT molecular complexity index is 338.